The largest absolute Gasteiger partial charge is 0.481 e. The Labute approximate surface area is 79.1 Å². The molecule has 0 aromatic heterocycles. The van der Waals surface area contributed by atoms with Crippen LogP contribution in [-0.4, -0.2) is 24.3 Å². The quantitative estimate of drug-likeness (QED) is 0.729. The lowest BCUT2D eigenvalue weighted by Crippen LogP contribution is -2.50. The van der Waals surface area contributed by atoms with Crippen molar-refractivity contribution in [3.05, 3.63) is 0 Å². The Bertz CT molecular complexity index is 194. The Hall–Kier alpha value is -0.570. The molecule has 3 nitrogen and oxygen atoms in total. The molecule has 0 spiro atoms. The molecule has 76 valence electrons. The maximum absolute atomic E-state index is 11.1. The van der Waals surface area contributed by atoms with Crippen LogP contribution in [0, 0.1) is 11.3 Å². The van der Waals surface area contributed by atoms with Crippen LogP contribution in [-0.2, 0) is 9.53 Å². The van der Waals surface area contributed by atoms with Crippen molar-refractivity contribution in [3.8, 4) is 0 Å². The van der Waals surface area contributed by atoms with E-state index in [4.69, 9.17) is 9.84 Å². The highest BCUT2D eigenvalue weighted by Gasteiger charge is 2.51. The van der Waals surface area contributed by atoms with Gasteiger partial charge in [-0.2, -0.15) is 0 Å². The number of methoxy groups -OCH3 is 1. The molecular weight excluding hydrogens is 168 g/mol. The number of carbonyl (C=O) groups is 1. The monoisotopic (exact) mass is 186 g/mol. The number of rotatable bonds is 4. The summed E-state index contributed by atoms with van der Waals surface area (Å²) in [6, 6.07) is 0. The fraction of sp³-hybridized carbons (Fsp3) is 0.900. The number of aliphatic carboxylic acids is 1. The molecule has 13 heavy (non-hydrogen) atoms. The van der Waals surface area contributed by atoms with Gasteiger partial charge in [-0.15, -0.1) is 0 Å². The van der Waals surface area contributed by atoms with Gasteiger partial charge in [-0.3, -0.25) is 4.79 Å². The van der Waals surface area contributed by atoms with Crippen LogP contribution in [0.4, 0.5) is 0 Å². The minimum absolute atomic E-state index is 0.140. The Kier molecular flexibility index (Phi) is 2.96. The molecule has 0 saturated heterocycles. The minimum Gasteiger partial charge on any atom is -0.481 e. The number of carboxylic acids is 1. The predicted molar refractivity (Wildman–Crippen MR) is 49.6 cm³/mol. The van der Waals surface area contributed by atoms with Gasteiger partial charge < -0.3 is 9.84 Å². The molecule has 1 aliphatic carbocycles. The molecule has 0 aliphatic heterocycles. The van der Waals surface area contributed by atoms with E-state index in [2.05, 4.69) is 0 Å². The molecule has 3 heteroatoms. The molecule has 0 aromatic carbocycles. The summed E-state index contributed by atoms with van der Waals surface area (Å²) in [7, 11) is 1.60. The van der Waals surface area contributed by atoms with E-state index in [1.807, 2.05) is 13.8 Å². The first kappa shape index (κ1) is 10.5. The molecule has 0 heterocycles. The van der Waals surface area contributed by atoms with Crippen LogP contribution in [0.1, 0.15) is 33.1 Å². The molecule has 0 aromatic rings. The van der Waals surface area contributed by atoms with Gasteiger partial charge in [-0.25, -0.2) is 0 Å². The van der Waals surface area contributed by atoms with Gasteiger partial charge in [0.25, 0.3) is 0 Å². The minimum atomic E-state index is -0.695. The second-order valence-corrected chi connectivity index (χ2v) is 4.22. The van der Waals surface area contributed by atoms with E-state index < -0.39 is 11.4 Å². The van der Waals surface area contributed by atoms with Crippen LogP contribution in [0.2, 0.25) is 0 Å². The van der Waals surface area contributed by atoms with Crippen molar-refractivity contribution >= 4 is 5.97 Å². The smallest absolute Gasteiger partial charge is 0.312 e. The van der Waals surface area contributed by atoms with Crippen molar-refractivity contribution in [2.75, 3.05) is 7.11 Å². The maximum atomic E-state index is 11.1. The van der Waals surface area contributed by atoms with Gasteiger partial charge in [-0.1, -0.05) is 20.3 Å². The van der Waals surface area contributed by atoms with E-state index in [0.717, 1.165) is 19.3 Å². The summed E-state index contributed by atoms with van der Waals surface area (Å²) >= 11 is 0. The fourth-order valence-corrected chi connectivity index (χ4v) is 2.31. The average Bonchev–Trinajstić information content (AvgIpc) is 1.94. The van der Waals surface area contributed by atoms with Gasteiger partial charge >= 0.3 is 5.97 Å². The van der Waals surface area contributed by atoms with Crippen LogP contribution in [0.15, 0.2) is 0 Å². The SMILES string of the molecule is COC(C(C)C)C1(C(=O)O)CCC1. The van der Waals surface area contributed by atoms with Crippen LogP contribution >= 0.6 is 0 Å². The lowest BCUT2D eigenvalue weighted by atomic mass is 9.62. The molecule has 1 aliphatic rings. The third kappa shape index (κ3) is 1.57. The molecule has 1 saturated carbocycles. The van der Waals surface area contributed by atoms with Gasteiger partial charge in [-0.05, 0) is 18.8 Å². The Morgan fingerprint density at radius 3 is 2.08 bits per heavy atom. The molecule has 1 rings (SSSR count). The molecule has 0 radical (unpaired) electrons. The summed E-state index contributed by atoms with van der Waals surface area (Å²) in [4.78, 5) is 11.1. The number of hydrogen-bond acceptors (Lipinski definition) is 2. The third-order valence-electron chi connectivity index (χ3n) is 3.08. The summed E-state index contributed by atoms with van der Waals surface area (Å²) < 4.78 is 5.30. The first-order valence-electron chi connectivity index (χ1n) is 4.81. The van der Waals surface area contributed by atoms with E-state index in [1.54, 1.807) is 7.11 Å². The van der Waals surface area contributed by atoms with Crippen molar-refractivity contribution in [1.82, 2.24) is 0 Å². The Morgan fingerprint density at radius 2 is 2.00 bits per heavy atom. The van der Waals surface area contributed by atoms with Crippen LogP contribution in [0.25, 0.3) is 0 Å². The van der Waals surface area contributed by atoms with Crippen molar-refractivity contribution in [3.63, 3.8) is 0 Å². The summed E-state index contributed by atoms with van der Waals surface area (Å²) in [6.07, 6.45) is 2.40. The molecule has 0 bridgehead atoms. The zero-order valence-electron chi connectivity index (χ0n) is 8.54. The van der Waals surface area contributed by atoms with Crippen molar-refractivity contribution in [2.45, 2.75) is 39.2 Å². The van der Waals surface area contributed by atoms with Gasteiger partial charge in [0.05, 0.1) is 11.5 Å². The molecule has 1 fully saturated rings. The Morgan fingerprint density at radius 1 is 1.46 bits per heavy atom. The van der Waals surface area contributed by atoms with Gasteiger partial charge in [0.15, 0.2) is 0 Å². The van der Waals surface area contributed by atoms with E-state index in [1.165, 1.54) is 0 Å². The number of hydrogen-bond donors (Lipinski definition) is 1. The van der Waals surface area contributed by atoms with Crippen molar-refractivity contribution in [2.24, 2.45) is 11.3 Å². The highest BCUT2D eigenvalue weighted by atomic mass is 16.5. The standard InChI is InChI=1S/C10H18O3/c1-7(2)8(13-3)10(9(11)12)5-4-6-10/h7-8H,4-6H2,1-3H3,(H,11,12). The number of carboxylic acid groups (broad SMARTS) is 1. The van der Waals surface area contributed by atoms with Crippen molar-refractivity contribution < 1.29 is 14.6 Å². The molecule has 0 amide bonds. The fourth-order valence-electron chi connectivity index (χ4n) is 2.31. The topological polar surface area (TPSA) is 46.5 Å². The summed E-state index contributed by atoms with van der Waals surface area (Å²) in [5.74, 6) is -0.430. The number of ether oxygens (including phenoxy) is 1. The van der Waals surface area contributed by atoms with E-state index >= 15 is 0 Å². The van der Waals surface area contributed by atoms with Crippen LogP contribution < -0.4 is 0 Å². The van der Waals surface area contributed by atoms with E-state index in [0.29, 0.717) is 0 Å². The third-order valence-corrected chi connectivity index (χ3v) is 3.08. The van der Waals surface area contributed by atoms with E-state index in [-0.39, 0.29) is 12.0 Å². The summed E-state index contributed by atoms with van der Waals surface area (Å²) in [5, 5.41) is 9.15. The molecular formula is C10H18O3. The lowest BCUT2D eigenvalue weighted by molar-refractivity contribution is -0.172. The predicted octanol–water partition coefficient (Wildman–Crippen LogP) is 1.91. The average molecular weight is 186 g/mol. The van der Waals surface area contributed by atoms with Crippen LogP contribution in [0.3, 0.4) is 0 Å². The zero-order valence-corrected chi connectivity index (χ0v) is 8.54. The first-order chi connectivity index (χ1) is 6.04. The lowest BCUT2D eigenvalue weighted by Gasteiger charge is -2.44. The van der Waals surface area contributed by atoms with Gasteiger partial charge in [0.2, 0.25) is 0 Å². The molecule has 1 N–H and O–H groups in total. The summed E-state index contributed by atoms with van der Waals surface area (Å²) in [6.45, 7) is 4.02. The highest BCUT2D eigenvalue weighted by molar-refractivity contribution is 5.76. The molecule has 1 unspecified atom stereocenters. The Balaban J connectivity index is 2.79. The van der Waals surface area contributed by atoms with Gasteiger partial charge in [0.1, 0.15) is 0 Å². The highest BCUT2D eigenvalue weighted by Crippen LogP contribution is 2.47. The first-order valence-corrected chi connectivity index (χ1v) is 4.81. The normalized spacial score (nSPS) is 22.5. The second kappa shape index (κ2) is 3.66. The van der Waals surface area contributed by atoms with Gasteiger partial charge in [0, 0.05) is 7.11 Å². The van der Waals surface area contributed by atoms with E-state index in [9.17, 15) is 4.79 Å². The summed E-state index contributed by atoms with van der Waals surface area (Å²) in [5.41, 5.74) is -0.594. The second-order valence-electron chi connectivity index (χ2n) is 4.22. The maximum Gasteiger partial charge on any atom is 0.312 e. The van der Waals surface area contributed by atoms with Crippen molar-refractivity contribution in [1.29, 1.82) is 0 Å². The zero-order chi connectivity index (χ0) is 10.1. The van der Waals surface area contributed by atoms with Crippen LogP contribution in [0.5, 0.6) is 0 Å². The molecule has 1 atom stereocenters.